The first kappa shape index (κ1) is 20.0. The zero-order valence-electron chi connectivity index (χ0n) is 9.71. The molecule has 0 saturated carbocycles. The third kappa shape index (κ3) is 4.49. The van der Waals surface area contributed by atoms with Crippen LogP contribution in [0.15, 0.2) is 0 Å². The molecule has 0 aliphatic rings. The summed E-state index contributed by atoms with van der Waals surface area (Å²) in [6.07, 6.45) is 3.35. The maximum Gasteiger partial charge on any atom is 0.187 e. The molecule has 1 atom stereocenters. The summed E-state index contributed by atoms with van der Waals surface area (Å²) in [7, 11) is 0. The number of unbranched alkanes of at least 4 members (excludes halogenated alkanes) is 2. The van der Waals surface area contributed by atoms with E-state index in [1.165, 1.54) is 0 Å². The topological polar surface area (TPSA) is 20.2 Å². The Bertz CT molecular complexity index is 255. The number of hydrogen-bond donors (Lipinski definition) is 1. The number of rotatable bonds is 8. The van der Waals surface area contributed by atoms with Crippen LogP contribution in [0.4, 0.5) is 0 Å². The molecule has 0 aromatic heterocycles. The molecule has 0 fully saturated rings. The van der Waals surface area contributed by atoms with Crippen molar-refractivity contribution in [1.82, 2.24) is 0 Å². The highest BCUT2D eigenvalue weighted by Gasteiger charge is 2.62. The fourth-order valence-electron chi connectivity index (χ4n) is 1.29. The Hall–Kier alpha value is 1.99. The highest BCUT2D eigenvalue weighted by atomic mass is 35.5. The second-order valence-corrected chi connectivity index (χ2v) is 8.75. The lowest BCUT2D eigenvalue weighted by Gasteiger charge is -2.42. The summed E-state index contributed by atoms with van der Waals surface area (Å²) in [6.45, 7) is 1.35. The smallest absolute Gasteiger partial charge is 0.187 e. The van der Waals surface area contributed by atoms with Gasteiger partial charge in [-0.15, -0.1) is 11.6 Å². The maximum atomic E-state index is 9.10. The van der Waals surface area contributed by atoms with E-state index in [9.17, 15) is 0 Å². The zero-order valence-corrected chi connectivity index (χ0v) is 15.0. The first-order chi connectivity index (χ1) is 8.04. The maximum absolute atomic E-state index is 9.10. The van der Waals surface area contributed by atoms with Crippen LogP contribution in [-0.4, -0.2) is 30.1 Å². The lowest BCUT2D eigenvalue weighted by Crippen LogP contribution is -2.55. The number of halogens is 7. The molecule has 0 bridgehead atoms. The molecule has 0 aliphatic carbocycles. The second kappa shape index (κ2) is 7.84. The molecular formula is C10H15Cl7O. The summed E-state index contributed by atoms with van der Waals surface area (Å²) in [5.41, 5.74) is 0. The largest absolute Gasteiger partial charge is 0.393 e. The third-order valence-corrected chi connectivity index (χ3v) is 7.22. The molecule has 0 rings (SSSR count). The Labute approximate surface area is 143 Å². The molecule has 0 saturated heterocycles. The molecule has 0 aliphatic heterocycles. The Morgan fingerprint density at radius 3 is 1.89 bits per heavy atom. The molecule has 1 unspecified atom stereocenters. The number of hydrogen-bond acceptors (Lipinski definition) is 1. The fourth-order valence-corrected chi connectivity index (χ4v) is 3.14. The van der Waals surface area contributed by atoms with Gasteiger partial charge in [-0.1, -0.05) is 95.8 Å². The van der Waals surface area contributed by atoms with Gasteiger partial charge in [0.15, 0.2) is 13.0 Å². The van der Waals surface area contributed by atoms with Crippen LogP contribution in [0, 0.1) is 0 Å². The monoisotopic (exact) mass is 396 g/mol. The van der Waals surface area contributed by atoms with Gasteiger partial charge < -0.3 is 5.11 Å². The Kier molecular flexibility index (Phi) is 8.71. The average molecular weight is 399 g/mol. The van der Waals surface area contributed by atoms with E-state index in [0.29, 0.717) is 6.42 Å². The van der Waals surface area contributed by atoms with E-state index in [4.69, 9.17) is 86.3 Å². The van der Waals surface area contributed by atoms with Crippen LogP contribution in [0.1, 0.15) is 32.6 Å². The third-order valence-electron chi connectivity index (χ3n) is 2.53. The Morgan fingerprint density at radius 1 is 1.00 bits per heavy atom. The van der Waals surface area contributed by atoms with Gasteiger partial charge in [0.05, 0.1) is 12.0 Å². The highest BCUT2D eigenvalue weighted by Crippen LogP contribution is 2.57. The van der Waals surface area contributed by atoms with Crippen LogP contribution >= 0.6 is 81.2 Å². The van der Waals surface area contributed by atoms with Crippen LogP contribution < -0.4 is 0 Å². The molecule has 0 aromatic rings. The van der Waals surface area contributed by atoms with Gasteiger partial charge >= 0.3 is 0 Å². The summed E-state index contributed by atoms with van der Waals surface area (Å²) in [6, 6.07) is 0. The van der Waals surface area contributed by atoms with E-state index in [-0.39, 0.29) is 0 Å². The van der Waals surface area contributed by atoms with E-state index < -0.39 is 25.0 Å². The average Bonchev–Trinajstić information content (AvgIpc) is 2.28. The summed E-state index contributed by atoms with van der Waals surface area (Å²) in [5.74, 6) is 0. The van der Waals surface area contributed by atoms with Crippen molar-refractivity contribution in [2.75, 3.05) is 6.61 Å². The molecule has 0 aromatic carbocycles. The van der Waals surface area contributed by atoms with Gasteiger partial charge in [0.2, 0.25) is 0 Å². The molecular weight excluding hydrogens is 384 g/mol. The van der Waals surface area contributed by atoms with Crippen LogP contribution in [0.25, 0.3) is 0 Å². The minimum atomic E-state index is -2.01. The van der Waals surface area contributed by atoms with Gasteiger partial charge in [-0.2, -0.15) is 0 Å². The van der Waals surface area contributed by atoms with Crippen molar-refractivity contribution in [3.63, 3.8) is 0 Å². The van der Waals surface area contributed by atoms with Crippen LogP contribution in [0.2, 0.25) is 0 Å². The van der Waals surface area contributed by atoms with Crippen molar-refractivity contribution in [2.24, 2.45) is 0 Å². The fraction of sp³-hybridized carbons (Fsp3) is 1.00. The molecule has 0 heterocycles. The molecule has 110 valence electrons. The predicted molar refractivity (Wildman–Crippen MR) is 84.2 cm³/mol. The van der Waals surface area contributed by atoms with Crippen molar-refractivity contribution >= 4 is 81.2 Å². The summed E-state index contributed by atoms with van der Waals surface area (Å²) < 4.78 is -5.73. The van der Waals surface area contributed by atoms with Crippen LogP contribution in [0.3, 0.4) is 0 Å². The lowest BCUT2D eigenvalue weighted by molar-refractivity contribution is 0.264. The van der Waals surface area contributed by atoms with Crippen LogP contribution in [0.5, 0.6) is 0 Å². The second-order valence-electron chi connectivity index (χ2n) is 4.02. The first-order valence-electron chi connectivity index (χ1n) is 5.43. The minimum absolute atomic E-state index is 0.513. The first-order valence-corrected chi connectivity index (χ1v) is 8.13. The van der Waals surface area contributed by atoms with Gasteiger partial charge in [-0.3, -0.25) is 0 Å². The number of alkyl halides is 7. The SMILES string of the molecule is CCCCCC(Cl)C(Cl)(Cl)C(Cl)(Cl)C(Cl)(Cl)CO. The summed E-state index contributed by atoms with van der Waals surface area (Å²) in [5, 5.41) is 8.35. The normalized spacial score (nSPS) is 15.8. The number of aliphatic hydroxyl groups is 1. The summed E-state index contributed by atoms with van der Waals surface area (Å²) >= 11 is 42.0. The van der Waals surface area contributed by atoms with Gasteiger partial charge in [-0.25, -0.2) is 0 Å². The Balaban J connectivity index is 4.88. The van der Waals surface area contributed by atoms with E-state index in [1.807, 2.05) is 0 Å². The predicted octanol–water partition coefficient (Wildman–Crippen LogP) is 5.69. The molecule has 0 spiro atoms. The van der Waals surface area contributed by atoms with Crippen LogP contribution in [-0.2, 0) is 0 Å². The molecule has 8 heteroatoms. The molecule has 1 nitrogen and oxygen atoms in total. The standard InChI is InChI=1S/C10H15Cl7O/c1-2-3-4-5-7(11)9(14,15)10(16,17)8(12,13)6-18/h7,18H,2-6H2,1H3. The molecule has 0 radical (unpaired) electrons. The van der Waals surface area contributed by atoms with Crippen molar-refractivity contribution < 1.29 is 5.11 Å². The van der Waals surface area contributed by atoms with E-state index in [0.717, 1.165) is 19.3 Å². The van der Waals surface area contributed by atoms with Crippen molar-refractivity contribution in [1.29, 1.82) is 0 Å². The van der Waals surface area contributed by atoms with Crippen molar-refractivity contribution in [3.05, 3.63) is 0 Å². The lowest BCUT2D eigenvalue weighted by atomic mass is 10.1. The quantitative estimate of drug-likeness (QED) is 0.411. The minimum Gasteiger partial charge on any atom is -0.393 e. The molecule has 0 amide bonds. The van der Waals surface area contributed by atoms with Gasteiger partial charge in [-0.05, 0) is 6.42 Å². The summed E-state index contributed by atoms with van der Waals surface area (Å²) in [4.78, 5) is 0. The number of aliphatic hydroxyl groups excluding tert-OH is 1. The van der Waals surface area contributed by atoms with Crippen molar-refractivity contribution in [3.8, 4) is 0 Å². The van der Waals surface area contributed by atoms with E-state index in [1.54, 1.807) is 0 Å². The van der Waals surface area contributed by atoms with Gasteiger partial charge in [0, 0.05) is 0 Å². The Morgan fingerprint density at radius 2 is 1.50 bits per heavy atom. The van der Waals surface area contributed by atoms with Crippen molar-refractivity contribution in [2.45, 2.75) is 51.0 Å². The van der Waals surface area contributed by atoms with Gasteiger partial charge in [0.1, 0.15) is 0 Å². The molecule has 18 heavy (non-hydrogen) atoms. The van der Waals surface area contributed by atoms with Gasteiger partial charge in [0.25, 0.3) is 0 Å². The van der Waals surface area contributed by atoms with E-state index >= 15 is 0 Å². The molecule has 1 N–H and O–H groups in total. The highest BCUT2D eigenvalue weighted by molar-refractivity contribution is 6.70. The van der Waals surface area contributed by atoms with E-state index in [2.05, 4.69) is 6.92 Å². The zero-order chi connectivity index (χ0) is 14.6.